The van der Waals surface area contributed by atoms with Crippen molar-refractivity contribution in [1.82, 2.24) is 5.32 Å². The van der Waals surface area contributed by atoms with Crippen molar-refractivity contribution in [3.63, 3.8) is 0 Å². The highest BCUT2D eigenvalue weighted by atomic mass is 16.2. The first-order chi connectivity index (χ1) is 11.4. The Hall–Kier alpha value is -2.66. The molecule has 2 amide bonds. The molecule has 0 aromatic heterocycles. The number of anilines is 1. The predicted molar refractivity (Wildman–Crippen MR) is 96.4 cm³/mol. The van der Waals surface area contributed by atoms with Crippen LogP contribution >= 0.6 is 0 Å². The molecule has 0 aliphatic rings. The van der Waals surface area contributed by atoms with Crippen LogP contribution < -0.4 is 16.4 Å². The summed E-state index contributed by atoms with van der Waals surface area (Å²) in [6.07, 6.45) is 0. The van der Waals surface area contributed by atoms with Gasteiger partial charge >= 0.3 is 0 Å². The summed E-state index contributed by atoms with van der Waals surface area (Å²) in [7, 11) is 0. The monoisotopic (exact) mass is 325 g/mol. The van der Waals surface area contributed by atoms with Crippen LogP contribution in [0.1, 0.15) is 37.4 Å². The molecule has 2 aromatic carbocycles. The molecule has 2 rings (SSSR count). The second-order valence-electron chi connectivity index (χ2n) is 5.83. The van der Waals surface area contributed by atoms with Gasteiger partial charge in [0, 0.05) is 29.9 Å². The quantitative estimate of drug-likeness (QED) is 0.790. The maximum absolute atomic E-state index is 12.4. The second kappa shape index (κ2) is 7.75. The molecular formula is C19H23N3O2. The Labute approximate surface area is 142 Å². The van der Waals surface area contributed by atoms with E-state index in [0.29, 0.717) is 29.9 Å². The number of nitrogens with two attached hydrogens (primary N) is 1. The largest absolute Gasteiger partial charge is 0.351 e. The topological polar surface area (TPSA) is 84.2 Å². The normalized spacial score (nSPS) is 10.3. The van der Waals surface area contributed by atoms with Crippen LogP contribution in [0, 0.1) is 20.8 Å². The standard InChI is InChI=1S/C19H23N3O2/c1-12-4-5-16(10-13(12)2)19(24)22-17-7-6-15(11-14(17)3)18(23)21-9-8-20/h4-7,10-11H,8-9,20H2,1-3H3,(H,21,23)(H,22,24). The summed E-state index contributed by atoms with van der Waals surface area (Å²) in [6.45, 7) is 6.68. The Morgan fingerprint density at radius 2 is 1.50 bits per heavy atom. The molecule has 0 unspecified atom stereocenters. The van der Waals surface area contributed by atoms with Gasteiger partial charge in [0.25, 0.3) is 11.8 Å². The lowest BCUT2D eigenvalue weighted by molar-refractivity contribution is 0.0954. The fourth-order valence-electron chi connectivity index (χ4n) is 2.31. The van der Waals surface area contributed by atoms with Crippen molar-refractivity contribution in [1.29, 1.82) is 0 Å². The molecule has 5 nitrogen and oxygen atoms in total. The number of rotatable bonds is 5. The zero-order chi connectivity index (χ0) is 17.7. The van der Waals surface area contributed by atoms with E-state index >= 15 is 0 Å². The average molecular weight is 325 g/mol. The molecule has 0 atom stereocenters. The molecule has 5 heteroatoms. The Morgan fingerprint density at radius 1 is 0.875 bits per heavy atom. The molecule has 2 aromatic rings. The van der Waals surface area contributed by atoms with Crippen molar-refractivity contribution < 1.29 is 9.59 Å². The Bertz CT molecular complexity index is 769. The summed E-state index contributed by atoms with van der Waals surface area (Å²) in [5, 5.41) is 5.61. The molecule has 4 N–H and O–H groups in total. The second-order valence-corrected chi connectivity index (χ2v) is 5.83. The summed E-state index contributed by atoms with van der Waals surface area (Å²) >= 11 is 0. The number of hydrogen-bond donors (Lipinski definition) is 3. The van der Waals surface area contributed by atoms with Gasteiger partial charge in [0.1, 0.15) is 0 Å². The fraction of sp³-hybridized carbons (Fsp3) is 0.263. The molecule has 0 saturated carbocycles. The molecule has 0 fully saturated rings. The Morgan fingerprint density at radius 3 is 2.12 bits per heavy atom. The van der Waals surface area contributed by atoms with Crippen LogP contribution in [0.3, 0.4) is 0 Å². The van der Waals surface area contributed by atoms with Crippen LogP contribution in [0.4, 0.5) is 5.69 Å². The number of amides is 2. The van der Waals surface area contributed by atoms with Crippen LogP contribution in [0.25, 0.3) is 0 Å². The SMILES string of the molecule is Cc1ccc(C(=O)Nc2ccc(C(=O)NCCN)cc2C)cc1C. The maximum atomic E-state index is 12.4. The minimum absolute atomic E-state index is 0.165. The highest BCUT2D eigenvalue weighted by molar-refractivity contribution is 6.05. The van der Waals surface area contributed by atoms with E-state index < -0.39 is 0 Å². The molecule has 0 saturated heterocycles. The highest BCUT2D eigenvalue weighted by Gasteiger charge is 2.11. The van der Waals surface area contributed by atoms with Crippen LogP contribution in [0.2, 0.25) is 0 Å². The van der Waals surface area contributed by atoms with E-state index in [9.17, 15) is 9.59 Å². The number of aryl methyl sites for hydroxylation is 3. The van der Waals surface area contributed by atoms with E-state index in [1.165, 1.54) is 0 Å². The molecular weight excluding hydrogens is 302 g/mol. The fourth-order valence-corrected chi connectivity index (χ4v) is 2.31. The van der Waals surface area contributed by atoms with Gasteiger partial charge in [-0.05, 0) is 67.8 Å². The van der Waals surface area contributed by atoms with Crippen molar-refractivity contribution in [3.8, 4) is 0 Å². The first kappa shape index (κ1) is 17.7. The van der Waals surface area contributed by atoms with Gasteiger partial charge in [-0.25, -0.2) is 0 Å². The zero-order valence-electron chi connectivity index (χ0n) is 14.3. The lowest BCUT2D eigenvalue weighted by Crippen LogP contribution is -2.29. The van der Waals surface area contributed by atoms with E-state index in [1.807, 2.05) is 39.0 Å². The number of carbonyl (C=O) groups is 2. The molecule has 24 heavy (non-hydrogen) atoms. The van der Waals surface area contributed by atoms with Gasteiger partial charge < -0.3 is 16.4 Å². The molecule has 126 valence electrons. The van der Waals surface area contributed by atoms with Crippen LogP contribution in [0.5, 0.6) is 0 Å². The van der Waals surface area contributed by atoms with Gasteiger partial charge in [-0.1, -0.05) is 6.07 Å². The minimum Gasteiger partial charge on any atom is -0.351 e. The summed E-state index contributed by atoms with van der Waals surface area (Å²) in [4.78, 5) is 24.3. The first-order valence-electron chi connectivity index (χ1n) is 7.90. The number of nitrogens with one attached hydrogen (secondary N) is 2. The van der Waals surface area contributed by atoms with Gasteiger partial charge in [-0.2, -0.15) is 0 Å². The Balaban J connectivity index is 2.13. The lowest BCUT2D eigenvalue weighted by atomic mass is 10.1. The summed E-state index contributed by atoms with van der Waals surface area (Å²) in [6, 6.07) is 10.8. The van der Waals surface area contributed by atoms with Gasteiger partial charge in [-0.3, -0.25) is 9.59 Å². The van der Waals surface area contributed by atoms with Gasteiger partial charge in [0.2, 0.25) is 0 Å². The molecule has 0 spiro atoms. The zero-order valence-corrected chi connectivity index (χ0v) is 14.3. The molecule has 0 aliphatic carbocycles. The molecule has 0 aliphatic heterocycles. The van der Waals surface area contributed by atoms with E-state index in [-0.39, 0.29) is 11.8 Å². The van der Waals surface area contributed by atoms with Crippen LogP contribution in [0.15, 0.2) is 36.4 Å². The maximum Gasteiger partial charge on any atom is 0.255 e. The first-order valence-corrected chi connectivity index (χ1v) is 7.90. The average Bonchev–Trinajstić information content (AvgIpc) is 2.56. The number of benzene rings is 2. The molecule has 0 radical (unpaired) electrons. The van der Waals surface area contributed by atoms with E-state index in [2.05, 4.69) is 10.6 Å². The summed E-state index contributed by atoms with van der Waals surface area (Å²) < 4.78 is 0. The van der Waals surface area contributed by atoms with Gasteiger partial charge in [0.05, 0.1) is 0 Å². The van der Waals surface area contributed by atoms with Crippen molar-refractivity contribution in [2.24, 2.45) is 5.73 Å². The van der Waals surface area contributed by atoms with Crippen LogP contribution in [-0.4, -0.2) is 24.9 Å². The summed E-state index contributed by atoms with van der Waals surface area (Å²) in [5.74, 6) is -0.336. The Kier molecular flexibility index (Phi) is 5.71. The van der Waals surface area contributed by atoms with Crippen molar-refractivity contribution in [2.75, 3.05) is 18.4 Å². The minimum atomic E-state index is -0.171. The number of carbonyl (C=O) groups excluding carboxylic acids is 2. The van der Waals surface area contributed by atoms with E-state index in [0.717, 1.165) is 16.7 Å². The van der Waals surface area contributed by atoms with Crippen molar-refractivity contribution in [2.45, 2.75) is 20.8 Å². The number of hydrogen-bond acceptors (Lipinski definition) is 3. The van der Waals surface area contributed by atoms with Crippen molar-refractivity contribution in [3.05, 3.63) is 64.2 Å². The molecule has 0 heterocycles. The highest BCUT2D eigenvalue weighted by Crippen LogP contribution is 2.18. The third-order valence-corrected chi connectivity index (χ3v) is 3.94. The molecule has 0 bridgehead atoms. The van der Waals surface area contributed by atoms with Crippen molar-refractivity contribution >= 4 is 17.5 Å². The van der Waals surface area contributed by atoms with Crippen LogP contribution in [-0.2, 0) is 0 Å². The van der Waals surface area contributed by atoms with Gasteiger partial charge in [-0.15, -0.1) is 0 Å². The third kappa shape index (κ3) is 4.20. The van der Waals surface area contributed by atoms with Gasteiger partial charge in [0.15, 0.2) is 0 Å². The van der Waals surface area contributed by atoms with E-state index in [1.54, 1.807) is 18.2 Å². The van der Waals surface area contributed by atoms with E-state index in [4.69, 9.17) is 5.73 Å². The smallest absolute Gasteiger partial charge is 0.255 e. The lowest BCUT2D eigenvalue weighted by Gasteiger charge is -2.11. The predicted octanol–water partition coefficient (Wildman–Crippen LogP) is 2.55. The summed E-state index contributed by atoms with van der Waals surface area (Å²) in [5.41, 5.74) is 10.3. The third-order valence-electron chi connectivity index (χ3n) is 3.94.